The molecule has 0 amide bonds. The normalized spacial score (nSPS) is 14.2. The summed E-state index contributed by atoms with van der Waals surface area (Å²) < 4.78 is 7.52. The quantitative estimate of drug-likeness (QED) is 0.542. The molecular weight excluding hydrogens is 376 g/mol. The monoisotopic (exact) mass is 400 g/mol. The molecule has 0 bridgehead atoms. The molecule has 3 heterocycles. The summed E-state index contributed by atoms with van der Waals surface area (Å²) in [5, 5.41) is 4.51. The molecule has 5 rings (SSSR count). The SMILES string of the molecule is Cn1ccc2cc(-c3cc(Nc4ccc(N5CCOCC5)cc4)nc(N)n3)ccc21. The van der Waals surface area contributed by atoms with E-state index in [-0.39, 0.29) is 5.95 Å². The van der Waals surface area contributed by atoms with E-state index in [1.165, 1.54) is 16.6 Å². The number of nitrogens with one attached hydrogen (secondary N) is 1. The third-order valence-electron chi connectivity index (χ3n) is 5.44. The topological polar surface area (TPSA) is 81.2 Å². The van der Waals surface area contributed by atoms with Gasteiger partial charge in [-0.2, -0.15) is 4.98 Å². The Morgan fingerprint density at radius 3 is 2.57 bits per heavy atom. The van der Waals surface area contributed by atoms with Crippen LogP contribution in [-0.2, 0) is 11.8 Å². The number of aryl methyl sites for hydroxylation is 1. The highest BCUT2D eigenvalue weighted by Gasteiger charge is 2.11. The number of nitrogen functional groups attached to an aromatic ring is 1. The lowest BCUT2D eigenvalue weighted by Crippen LogP contribution is -2.36. The molecule has 1 aliphatic rings. The van der Waals surface area contributed by atoms with Crippen LogP contribution < -0.4 is 16.0 Å². The maximum atomic E-state index is 6.00. The van der Waals surface area contributed by atoms with Crippen molar-refractivity contribution in [3.8, 4) is 11.3 Å². The van der Waals surface area contributed by atoms with Crippen LogP contribution >= 0.6 is 0 Å². The smallest absolute Gasteiger partial charge is 0.222 e. The van der Waals surface area contributed by atoms with Crippen molar-refractivity contribution in [2.75, 3.05) is 42.3 Å². The number of aromatic nitrogens is 3. The van der Waals surface area contributed by atoms with Gasteiger partial charge in [0, 0.05) is 60.2 Å². The van der Waals surface area contributed by atoms with E-state index < -0.39 is 0 Å². The van der Waals surface area contributed by atoms with Gasteiger partial charge in [0.05, 0.1) is 18.9 Å². The first kappa shape index (κ1) is 18.4. The lowest BCUT2D eigenvalue weighted by molar-refractivity contribution is 0.122. The maximum Gasteiger partial charge on any atom is 0.222 e. The van der Waals surface area contributed by atoms with Crippen LogP contribution in [0.15, 0.2) is 60.8 Å². The number of rotatable bonds is 4. The van der Waals surface area contributed by atoms with E-state index in [2.05, 4.69) is 79.5 Å². The summed E-state index contributed by atoms with van der Waals surface area (Å²) in [6.45, 7) is 3.39. The Kier molecular flexibility index (Phi) is 4.72. The zero-order valence-corrected chi connectivity index (χ0v) is 16.9. The number of anilines is 4. The van der Waals surface area contributed by atoms with E-state index in [0.29, 0.717) is 5.82 Å². The summed E-state index contributed by atoms with van der Waals surface area (Å²) in [6, 6.07) is 18.6. The van der Waals surface area contributed by atoms with Gasteiger partial charge >= 0.3 is 0 Å². The molecule has 2 aromatic carbocycles. The van der Waals surface area contributed by atoms with Gasteiger partial charge in [-0.25, -0.2) is 4.98 Å². The average molecular weight is 400 g/mol. The van der Waals surface area contributed by atoms with Crippen LogP contribution in [0.2, 0.25) is 0 Å². The molecule has 0 radical (unpaired) electrons. The van der Waals surface area contributed by atoms with Crippen molar-refractivity contribution >= 4 is 34.0 Å². The first-order valence-corrected chi connectivity index (χ1v) is 10.1. The molecule has 4 aromatic rings. The minimum atomic E-state index is 0.244. The minimum absolute atomic E-state index is 0.244. The number of fused-ring (bicyclic) bond motifs is 1. The Morgan fingerprint density at radius 1 is 0.967 bits per heavy atom. The number of hydrogen-bond acceptors (Lipinski definition) is 6. The van der Waals surface area contributed by atoms with E-state index in [1.807, 2.05) is 13.1 Å². The molecule has 3 N–H and O–H groups in total. The molecule has 0 atom stereocenters. The second-order valence-electron chi connectivity index (χ2n) is 7.47. The number of hydrogen-bond donors (Lipinski definition) is 2. The Labute approximate surface area is 175 Å². The van der Waals surface area contributed by atoms with Gasteiger partial charge in [-0.05, 0) is 42.5 Å². The second-order valence-corrected chi connectivity index (χ2v) is 7.47. The highest BCUT2D eigenvalue weighted by molar-refractivity contribution is 5.85. The first-order valence-electron chi connectivity index (χ1n) is 10.1. The van der Waals surface area contributed by atoms with Gasteiger partial charge in [0.1, 0.15) is 5.82 Å². The molecule has 1 saturated heterocycles. The number of morpholine rings is 1. The molecule has 0 saturated carbocycles. The van der Waals surface area contributed by atoms with Gasteiger partial charge < -0.3 is 25.3 Å². The van der Waals surface area contributed by atoms with Crippen molar-refractivity contribution < 1.29 is 4.74 Å². The lowest BCUT2D eigenvalue weighted by Gasteiger charge is -2.28. The van der Waals surface area contributed by atoms with Crippen molar-refractivity contribution in [2.24, 2.45) is 7.05 Å². The first-order chi connectivity index (χ1) is 14.7. The zero-order valence-electron chi connectivity index (χ0n) is 16.9. The summed E-state index contributed by atoms with van der Waals surface area (Å²) in [5.41, 5.74) is 11.1. The van der Waals surface area contributed by atoms with Crippen LogP contribution in [0.25, 0.3) is 22.2 Å². The zero-order chi connectivity index (χ0) is 20.5. The average Bonchev–Trinajstić information content (AvgIpc) is 3.15. The van der Waals surface area contributed by atoms with E-state index in [0.717, 1.165) is 43.2 Å². The summed E-state index contributed by atoms with van der Waals surface area (Å²) in [7, 11) is 2.04. The molecule has 7 heteroatoms. The standard InChI is InChI=1S/C23H24N6O/c1-28-9-8-17-14-16(2-7-21(17)28)20-15-22(27-23(24)26-20)25-18-3-5-19(6-4-18)29-10-12-30-13-11-29/h2-9,14-15H,10-13H2,1H3,(H3,24,25,26,27). The fourth-order valence-electron chi connectivity index (χ4n) is 3.84. The number of nitrogens with two attached hydrogens (primary N) is 1. The van der Waals surface area contributed by atoms with Crippen LogP contribution in [0.5, 0.6) is 0 Å². The number of nitrogens with zero attached hydrogens (tertiary/aromatic N) is 4. The summed E-state index contributed by atoms with van der Waals surface area (Å²) in [6.07, 6.45) is 2.05. The number of ether oxygens (including phenoxy) is 1. The van der Waals surface area contributed by atoms with Gasteiger partial charge in [0.25, 0.3) is 0 Å². The predicted molar refractivity (Wildman–Crippen MR) is 121 cm³/mol. The van der Waals surface area contributed by atoms with Crippen LogP contribution in [0, 0.1) is 0 Å². The Balaban J connectivity index is 1.39. The van der Waals surface area contributed by atoms with Crippen LogP contribution in [-0.4, -0.2) is 40.8 Å². The van der Waals surface area contributed by atoms with E-state index >= 15 is 0 Å². The Hall–Kier alpha value is -3.58. The second kappa shape index (κ2) is 7.68. The van der Waals surface area contributed by atoms with Crippen molar-refractivity contribution in [1.82, 2.24) is 14.5 Å². The molecule has 1 aliphatic heterocycles. The van der Waals surface area contributed by atoms with Crippen molar-refractivity contribution in [2.45, 2.75) is 0 Å². The predicted octanol–water partition coefficient (Wildman–Crippen LogP) is 3.80. The Bertz CT molecular complexity index is 1180. The van der Waals surface area contributed by atoms with Crippen LogP contribution in [0.1, 0.15) is 0 Å². The Morgan fingerprint density at radius 2 is 1.77 bits per heavy atom. The molecule has 0 aliphatic carbocycles. The summed E-state index contributed by atoms with van der Waals surface area (Å²) in [5.74, 6) is 0.915. The van der Waals surface area contributed by atoms with E-state index in [9.17, 15) is 0 Å². The molecular formula is C23H24N6O. The summed E-state index contributed by atoms with van der Waals surface area (Å²) in [4.78, 5) is 11.1. The lowest BCUT2D eigenvalue weighted by atomic mass is 10.1. The van der Waals surface area contributed by atoms with Crippen LogP contribution in [0.3, 0.4) is 0 Å². The largest absolute Gasteiger partial charge is 0.378 e. The fraction of sp³-hybridized carbons (Fsp3) is 0.217. The third kappa shape index (κ3) is 3.67. The summed E-state index contributed by atoms with van der Waals surface area (Å²) >= 11 is 0. The molecule has 1 fully saturated rings. The highest BCUT2D eigenvalue weighted by atomic mass is 16.5. The molecule has 30 heavy (non-hydrogen) atoms. The van der Waals surface area contributed by atoms with Crippen LogP contribution in [0.4, 0.5) is 23.1 Å². The van der Waals surface area contributed by atoms with Gasteiger partial charge in [-0.3, -0.25) is 0 Å². The molecule has 152 valence electrons. The molecule has 7 nitrogen and oxygen atoms in total. The van der Waals surface area contributed by atoms with Gasteiger partial charge in [-0.1, -0.05) is 6.07 Å². The third-order valence-corrected chi connectivity index (χ3v) is 5.44. The van der Waals surface area contributed by atoms with Gasteiger partial charge in [0.15, 0.2) is 0 Å². The van der Waals surface area contributed by atoms with E-state index in [4.69, 9.17) is 10.5 Å². The molecule has 0 spiro atoms. The van der Waals surface area contributed by atoms with E-state index in [1.54, 1.807) is 0 Å². The molecule has 2 aromatic heterocycles. The van der Waals surface area contributed by atoms with Crippen molar-refractivity contribution in [3.05, 3.63) is 60.8 Å². The molecule has 0 unspecified atom stereocenters. The van der Waals surface area contributed by atoms with Gasteiger partial charge in [0.2, 0.25) is 5.95 Å². The fourth-order valence-corrected chi connectivity index (χ4v) is 3.84. The van der Waals surface area contributed by atoms with Crippen molar-refractivity contribution in [1.29, 1.82) is 0 Å². The highest BCUT2D eigenvalue weighted by Crippen LogP contribution is 2.27. The maximum absolute atomic E-state index is 6.00. The van der Waals surface area contributed by atoms with Crippen molar-refractivity contribution in [3.63, 3.8) is 0 Å². The van der Waals surface area contributed by atoms with Gasteiger partial charge in [-0.15, -0.1) is 0 Å². The number of benzene rings is 2. The minimum Gasteiger partial charge on any atom is -0.378 e.